The van der Waals surface area contributed by atoms with Crippen LogP contribution in [0.3, 0.4) is 0 Å². The highest BCUT2D eigenvalue weighted by atomic mass is 19.1. The summed E-state index contributed by atoms with van der Waals surface area (Å²) >= 11 is 0. The Balaban J connectivity index is 2.13. The molecule has 0 aliphatic heterocycles. The van der Waals surface area contributed by atoms with E-state index in [1.54, 1.807) is 6.07 Å². The second-order valence-electron chi connectivity index (χ2n) is 4.62. The first-order valence-corrected chi connectivity index (χ1v) is 6.16. The monoisotopic (exact) mass is 255 g/mol. The molecule has 3 aromatic rings. The lowest BCUT2D eigenvalue weighted by Crippen LogP contribution is -2.11. The van der Waals surface area contributed by atoms with Gasteiger partial charge >= 0.3 is 0 Å². The number of rotatable bonds is 2. The third kappa shape index (κ3) is 2.02. The summed E-state index contributed by atoms with van der Waals surface area (Å²) in [6.07, 6.45) is 0. The number of aryl methyl sites for hydroxylation is 1. The Kier molecular flexibility index (Phi) is 2.84. The predicted octanol–water partition coefficient (Wildman–Crippen LogP) is 3.93. The molecule has 0 saturated carbocycles. The topological polar surface area (TPSA) is 39.2 Å². The number of benzene rings is 2. The number of nitrogens with two attached hydrogens (primary N) is 1. The first-order valence-electron chi connectivity index (χ1n) is 6.16. The van der Waals surface area contributed by atoms with Gasteiger partial charge in [-0.3, -0.25) is 0 Å². The van der Waals surface area contributed by atoms with E-state index in [1.807, 2.05) is 37.3 Å². The number of fused-ring (bicyclic) bond motifs is 1. The number of hydrogen-bond acceptors (Lipinski definition) is 2. The summed E-state index contributed by atoms with van der Waals surface area (Å²) in [5, 5.41) is 0.905. The first kappa shape index (κ1) is 11.9. The zero-order valence-corrected chi connectivity index (χ0v) is 10.6. The zero-order chi connectivity index (χ0) is 13.4. The van der Waals surface area contributed by atoms with Gasteiger partial charge in [-0.1, -0.05) is 30.3 Å². The molecule has 2 nitrogen and oxygen atoms in total. The summed E-state index contributed by atoms with van der Waals surface area (Å²) < 4.78 is 18.9. The van der Waals surface area contributed by atoms with Crippen LogP contribution in [-0.4, -0.2) is 0 Å². The number of furan rings is 1. The highest BCUT2D eigenvalue weighted by Crippen LogP contribution is 2.31. The normalized spacial score (nSPS) is 12.8. The molecule has 0 spiro atoms. The Bertz CT molecular complexity index is 718. The Morgan fingerprint density at radius 2 is 1.84 bits per heavy atom. The third-order valence-electron chi connectivity index (χ3n) is 3.38. The maximum atomic E-state index is 13.2. The van der Waals surface area contributed by atoms with Crippen LogP contribution >= 0.6 is 0 Å². The Labute approximate surface area is 110 Å². The van der Waals surface area contributed by atoms with Crippen molar-refractivity contribution in [3.63, 3.8) is 0 Å². The van der Waals surface area contributed by atoms with Crippen LogP contribution < -0.4 is 5.73 Å². The third-order valence-corrected chi connectivity index (χ3v) is 3.38. The fourth-order valence-corrected chi connectivity index (χ4v) is 2.33. The minimum atomic E-state index is -0.336. The van der Waals surface area contributed by atoms with Crippen molar-refractivity contribution in [3.05, 3.63) is 71.2 Å². The molecule has 1 unspecified atom stereocenters. The molecule has 0 fully saturated rings. The molecule has 19 heavy (non-hydrogen) atoms. The van der Waals surface area contributed by atoms with Crippen molar-refractivity contribution in [3.8, 4) is 0 Å². The molecule has 96 valence electrons. The van der Waals surface area contributed by atoms with Crippen molar-refractivity contribution in [1.82, 2.24) is 0 Å². The molecule has 3 rings (SSSR count). The van der Waals surface area contributed by atoms with Gasteiger partial charge in [-0.25, -0.2) is 4.39 Å². The fraction of sp³-hybridized carbons (Fsp3) is 0.125. The smallest absolute Gasteiger partial charge is 0.137 e. The molecule has 1 aromatic heterocycles. The van der Waals surface area contributed by atoms with Gasteiger partial charge in [0.05, 0.1) is 6.04 Å². The van der Waals surface area contributed by atoms with Crippen molar-refractivity contribution in [2.24, 2.45) is 5.73 Å². The first-order chi connectivity index (χ1) is 9.16. The lowest BCUT2D eigenvalue weighted by atomic mass is 10.0. The summed E-state index contributed by atoms with van der Waals surface area (Å²) in [5.74, 6) is 0.382. The van der Waals surface area contributed by atoms with Crippen LogP contribution in [0.15, 0.2) is 52.9 Å². The van der Waals surface area contributed by atoms with E-state index in [-0.39, 0.29) is 11.9 Å². The quantitative estimate of drug-likeness (QED) is 0.753. The van der Waals surface area contributed by atoms with Gasteiger partial charge < -0.3 is 10.2 Å². The molecule has 3 heteroatoms. The van der Waals surface area contributed by atoms with Gasteiger partial charge in [0.1, 0.15) is 17.2 Å². The predicted molar refractivity (Wildman–Crippen MR) is 73.4 cm³/mol. The van der Waals surface area contributed by atoms with Gasteiger partial charge in [0.25, 0.3) is 0 Å². The largest absolute Gasteiger partial charge is 0.459 e. The van der Waals surface area contributed by atoms with Crippen molar-refractivity contribution >= 4 is 11.0 Å². The summed E-state index contributed by atoms with van der Waals surface area (Å²) in [6.45, 7) is 1.95. The molecule has 1 heterocycles. The van der Waals surface area contributed by atoms with E-state index in [0.717, 1.165) is 16.5 Å². The lowest BCUT2D eigenvalue weighted by Gasteiger charge is -2.09. The summed E-state index contributed by atoms with van der Waals surface area (Å²) in [6, 6.07) is 13.9. The molecule has 0 aliphatic rings. The van der Waals surface area contributed by atoms with E-state index in [4.69, 9.17) is 10.2 Å². The van der Waals surface area contributed by atoms with Crippen LogP contribution in [0.1, 0.15) is 22.9 Å². The Morgan fingerprint density at radius 3 is 2.58 bits per heavy atom. The molecule has 0 radical (unpaired) electrons. The molecule has 0 amide bonds. The van der Waals surface area contributed by atoms with Gasteiger partial charge in [-0.05, 0) is 24.6 Å². The second kappa shape index (κ2) is 4.52. The average Bonchev–Trinajstić information content (AvgIpc) is 2.75. The van der Waals surface area contributed by atoms with E-state index in [9.17, 15) is 4.39 Å². The Morgan fingerprint density at radius 1 is 1.11 bits per heavy atom. The highest BCUT2D eigenvalue weighted by molar-refractivity contribution is 5.82. The molecular weight excluding hydrogens is 241 g/mol. The van der Waals surface area contributed by atoms with Crippen LogP contribution in [0.4, 0.5) is 4.39 Å². The maximum absolute atomic E-state index is 13.2. The van der Waals surface area contributed by atoms with Crippen molar-refractivity contribution in [2.75, 3.05) is 0 Å². The van der Waals surface area contributed by atoms with Gasteiger partial charge in [-0.2, -0.15) is 0 Å². The molecule has 2 aromatic carbocycles. The van der Waals surface area contributed by atoms with Gasteiger partial charge in [0.2, 0.25) is 0 Å². The lowest BCUT2D eigenvalue weighted by molar-refractivity contribution is 0.518. The van der Waals surface area contributed by atoms with E-state index < -0.39 is 0 Å². The van der Waals surface area contributed by atoms with Crippen molar-refractivity contribution < 1.29 is 8.81 Å². The standard InChI is InChI=1S/C16H14FNO/c1-10-13-8-7-12(17)9-14(13)19-16(10)15(18)11-5-3-2-4-6-11/h2-9,15H,18H2,1H3. The van der Waals surface area contributed by atoms with Crippen LogP contribution in [0.25, 0.3) is 11.0 Å². The van der Waals surface area contributed by atoms with Crippen LogP contribution in [0.5, 0.6) is 0 Å². The van der Waals surface area contributed by atoms with Gasteiger partial charge in [-0.15, -0.1) is 0 Å². The Hall–Kier alpha value is -2.13. The zero-order valence-electron chi connectivity index (χ0n) is 10.6. The van der Waals surface area contributed by atoms with Crippen LogP contribution in [-0.2, 0) is 0 Å². The number of halogens is 1. The summed E-state index contributed by atoms with van der Waals surface area (Å²) in [5.41, 5.74) is 8.71. The molecule has 0 saturated heterocycles. The van der Waals surface area contributed by atoms with E-state index in [0.29, 0.717) is 11.3 Å². The van der Waals surface area contributed by atoms with E-state index in [1.165, 1.54) is 12.1 Å². The fourth-order valence-electron chi connectivity index (χ4n) is 2.33. The average molecular weight is 255 g/mol. The van der Waals surface area contributed by atoms with E-state index in [2.05, 4.69) is 0 Å². The summed E-state index contributed by atoms with van der Waals surface area (Å²) in [4.78, 5) is 0. The highest BCUT2D eigenvalue weighted by Gasteiger charge is 2.18. The van der Waals surface area contributed by atoms with Crippen LogP contribution in [0.2, 0.25) is 0 Å². The second-order valence-corrected chi connectivity index (χ2v) is 4.62. The van der Waals surface area contributed by atoms with Crippen molar-refractivity contribution in [2.45, 2.75) is 13.0 Å². The maximum Gasteiger partial charge on any atom is 0.137 e. The SMILES string of the molecule is Cc1c(C(N)c2ccccc2)oc2cc(F)ccc12. The van der Waals surface area contributed by atoms with Crippen molar-refractivity contribution in [1.29, 1.82) is 0 Å². The summed E-state index contributed by atoms with van der Waals surface area (Å²) in [7, 11) is 0. The molecular formula is C16H14FNO. The molecule has 2 N–H and O–H groups in total. The van der Waals surface area contributed by atoms with Crippen LogP contribution in [0, 0.1) is 12.7 Å². The van der Waals surface area contributed by atoms with Gasteiger partial charge in [0.15, 0.2) is 0 Å². The molecule has 0 aliphatic carbocycles. The minimum Gasteiger partial charge on any atom is -0.459 e. The molecule has 0 bridgehead atoms. The molecule has 1 atom stereocenters. The minimum absolute atomic E-state index is 0.305. The van der Waals surface area contributed by atoms with Gasteiger partial charge in [0, 0.05) is 17.0 Å². The van der Waals surface area contributed by atoms with E-state index >= 15 is 0 Å². The number of hydrogen-bond donors (Lipinski definition) is 1.